The minimum atomic E-state index is 0.132. The predicted octanol–water partition coefficient (Wildman–Crippen LogP) is 2.23. The van der Waals surface area contributed by atoms with Crippen LogP contribution >= 0.6 is 15.9 Å². The summed E-state index contributed by atoms with van der Waals surface area (Å²) < 4.78 is 6.23. The zero-order valence-electron chi connectivity index (χ0n) is 10.4. The Hall–Kier alpha value is -1.89. The van der Waals surface area contributed by atoms with Crippen LogP contribution in [0.3, 0.4) is 0 Å². The second kappa shape index (κ2) is 6.33. The van der Waals surface area contributed by atoms with Crippen LogP contribution in [-0.4, -0.2) is 21.6 Å². The number of hydrogen-bond donors (Lipinski definition) is 2. The van der Waals surface area contributed by atoms with E-state index in [1.54, 1.807) is 0 Å². The molecule has 7 heteroatoms. The number of nitrogens with one attached hydrogen (secondary N) is 1. The number of halogens is 1. The lowest BCUT2D eigenvalue weighted by atomic mass is 10.2. The minimum absolute atomic E-state index is 0.132. The van der Waals surface area contributed by atoms with Crippen molar-refractivity contribution in [1.82, 2.24) is 15.0 Å². The standard InChI is InChI=1S/C12H14BrN5O/c1-2-19-12-17-10(14)16-11(18-12)15-7-8-5-3-4-6-9(8)13/h3-6H,2,7H2,1H3,(H3,14,15,16,17,18). The van der Waals surface area contributed by atoms with Gasteiger partial charge in [0.2, 0.25) is 11.9 Å². The number of hydrogen-bond acceptors (Lipinski definition) is 6. The highest BCUT2D eigenvalue weighted by Gasteiger charge is 2.05. The van der Waals surface area contributed by atoms with Crippen molar-refractivity contribution in [3.8, 4) is 6.01 Å². The normalized spacial score (nSPS) is 10.2. The molecule has 0 spiro atoms. The summed E-state index contributed by atoms with van der Waals surface area (Å²) in [6.07, 6.45) is 0. The summed E-state index contributed by atoms with van der Waals surface area (Å²) in [5.41, 5.74) is 6.69. The van der Waals surface area contributed by atoms with Gasteiger partial charge in [0.15, 0.2) is 0 Å². The van der Waals surface area contributed by atoms with Gasteiger partial charge in [-0.1, -0.05) is 34.1 Å². The minimum Gasteiger partial charge on any atom is -0.464 e. The van der Waals surface area contributed by atoms with Crippen molar-refractivity contribution in [2.24, 2.45) is 0 Å². The maximum absolute atomic E-state index is 5.60. The molecule has 0 saturated carbocycles. The third-order valence-electron chi connectivity index (χ3n) is 2.30. The van der Waals surface area contributed by atoms with Gasteiger partial charge in [-0.2, -0.15) is 15.0 Å². The van der Waals surface area contributed by atoms with Crippen LogP contribution in [0.25, 0.3) is 0 Å². The second-order valence-corrected chi connectivity index (χ2v) is 4.53. The lowest BCUT2D eigenvalue weighted by Gasteiger charge is -2.08. The molecule has 0 radical (unpaired) electrons. The van der Waals surface area contributed by atoms with Crippen molar-refractivity contribution >= 4 is 27.8 Å². The zero-order chi connectivity index (χ0) is 13.7. The van der Waals surface area contributed by atoms with Crippen LogP contribution in [0.4, 0.5) is 11.9 Å². The van der Waals surface area contributed by atoms with Gasteiger partial charge in [-0.05, 0) is 18.6 Å². The summed E-state index contributed by atoms with van der Waals surface area (Å²) in [5, 5.41) is 3.09. The average molecular weight is 324 g/mol. The first kappa shape index (κ1) is 13.5. The Bertz CT molecular complexity index is 564. The molecule has 0 bridgehead atoms. The van der Waals surface area contributed by atoms with Crippen LogP contribution in [0.15, 0.2) is 28.7 Å². The number of nitrogens with zero attached hydrogens (tertiary/aromatic N) is 3. The molecule has 6 nitrogen and oxygen atoms in total. The van der Waals surface area contributed by atoms with E-state index in [4.69, 9.17) is 10.5 Å². The number of nitrogen functional groups attached to an aromatic ring is 1. The van der Waals surface area contributed by atoms with Crippen LogP contribution in [0.1, 0.15) is 12.5 Å². The Morgan fingerprint density at radius 3 is 2.79 bits per heavy atom. The van der Waals surface area contributed by atoms with Crippen molar-refractivity contribution in [3.63, 3.8) is 0 Å². The number of aromatic nitrogens is 3. The van der Waals surface area contributed by atoms with Crippen LogP contribution < -0.4 is 15.8 Å². The molecule has 2 aromatic rings. The van der Waals surface area contributed by atoms with Gasteiger partial charge in [0, 0.05) is 11.0 Å². The smallest absolute Gasteiger partial charge is 0.323 e. The van der Waals surface area contributed by atoms with Gasteiger partial charge in [0.1, 0.15) is 0 Å². The third-order valence-corrected chi connectivity index (χ3v) is 3.07. The fourth-order valence-electron chi connectivity index (χ4n) is 1.46. The Morgan fingerprint density at radius 1 is 1.26 bits per heavy atom. The van der Waals surface area contributed by atoms with E-state index in [0.29, 0.717) is 19.1 Å². The number of rotatable bonds is 5. The van der Waals surface area contributed by atoms with Crippen LogP contribution in [0.5, 0.6) is 6.01 Å². The second-order valence-electron chi connectivity index (χ2n) is 3.68. The van der Waals surface area contributed by atoms with Gasteiger partial charge in [-0.3, -0.25) is 0 Å². The van der Waals surface area contributed by atoms with E-state index in [0.717, 1.165) is 10.0 Å². The zero-order valence-corrected chi connectivity index (χ0v) is 12.0. The van der Waals surface area contributed by atoms with E-state index in [2.05, 4.69) is 36.2 Å². The molecular formula is C12H14BrN5O. The van der Waals surface area contributed by atoms with E-state index in [9.17, 15) is 0 Å². The van der Waals surface area contributed by atoms with Crippen LogP contribution in [0, 0.1) is 0 Å². The Morgan fingerprint density at radius 2 is 2.05 bits per heavy atom. The highest BCUT2D eigenvalue weighted by Crippen LogP contribution is 2.17. The van der Waals surface area contributed by atoms with Crippen LogP contribution in [0.2, 0.25) is 0 Å². The highest BCUT2D eigenvalue weighted by atomic mass is 79.9. The van der Waals surface area contributed by atoms with Gasteiger partial charge in [-0.25, -0.2) is 0 Å². The predicted molar refractivity (Wildman–Crippen MR) is 76.9 cm³/mol. The molecule has 3 N–H and O–H groups in total. The number of nitrogens with two attached hydrogens (primary N) is 1. The lowest BCUT2D eigenvalue weighted by Crippen LogP contribution is -2.09. The highest BCUT2D eigenvalue weighted by molar-refractivity contribution is 9.10. The molecule has 0 fully saturated rings. The summed E-state index contributed by atoms with van der Waals surface area (Å²) in [6.45, 7) is 2.91. The first-order valence-corrected chi connectivity index (χ1v) is 6.60. The van der Waals surface area contributed by atoms with Gasteiger partial charge >= 0.3 is 6.01 Å². The van der Waals surface area contributed by atoms with Crippen LogP contribution in [-0.2, 0) is 6.54 Å². The SMILES string of the molecule is CCOc1nc(N)nc(NCc2ccccc2Br)n1. The monoisotopic (exact) mass is 323 g/mol. The molecule has 0 aliphatic heterocycles. The maximum Gasteiger partial charge on any atom is 0.323 e. The molecule has 19 heavy (non-hydrogen) atoms. The van der Waals surface area contributed by atoms with Crippen molar-refractivity contribution in [2.75, 3.05) is 17.7 Å². The van der Waals surface area contributed by atoms with E-state index < -0.39 is 0 Å². The van der Waals surface area contributed by atoms with Gasteiger partial charge < -0.3 is 15.8 Å². The van der Waals surface area contributed by atoms with E-state index in [1.165, 1.54) is 0 Å². The Labute approximate surface area is 119 Å². The molecule has 0 atom stereocenters. The molecule has 0 unspecified atom stereocenters. The maximum atomic E-state index is 5.60. The van der Waals surface area contributed by atoms with Gasteiger partial charge in [-0.15, -0.1) is 0 Å². The summed E-state index contributed by atoms with van der Waals surface area (Å²) >= 11 is 3.48. The summed E-state index contributed by atoms with van der Waals surface area (Å²) in [4.78, 5) is 12.0. The molecule has 0 aliphatic carbocycles. The molecule has 100 valence electrons. The molecule has 1 aromatic carbocycles. The number of anilines is 2. The molecular weight excluding hydrogens is 310 g/mol. The Balaban J connectivity index is 2.09. The van der Waals surface area contributed by atoms with E-state index >= 15 is 0 Å². The van der Waals surface area contributed by atoms with Gasteiger partial charge in [0.05, 0.1) is 6.61 Å². The van der Waals surface area contributed by atoms with Crippen molar-refractivity contribution in [2.45, 2.75) is 13.5 Å². The molecule has 2 rings (SSSR count). The summed E-state index contributed by atoms with van der Waals surface area (Å²) in [5.74, 6) is 0.528. The first-order valence-electron chi connectivity index (χ1n) is 5.80. The lowest BCUT2D eigenvalue weighted by molar-refractivity contribution is 0.312. The summed E-state index contributed by atoms with van der Waals surface area (Å²) in [6, 6.07) is 8.14. The van der Waals surface area contributed by atoms with E-state index in [1.807, 2.05) is 31.2 Å². The third kappa shape index (κ3) is 3.78. The first-order chi connectivity index (χ1) is 9.19. The van der Waals surface area contributed by atoms with Crippen molar-refractivity contribution in [3.05, 3.63) is 34.3 Å². The average Bonchev–Trinajstić information content (AvgIpc) is 2.37. The quantitative estimate of drug-likeness (QED) is 0.877. The molecule has 1 heterocycles. The topological polar surface area (TPSA) is 86.0 Å². The fourth-order valence-corrected chi connectivity index (χ4v) is 1.89. The largest absolute Gasteiger partial charge is 0.464 e. The molecule has 0 amide bonds. The molecule has 1 aromatic heterocycles. The Kier molecular flexibility index (Phi) is 4.51. The number of benzene rings is 1. The number of ether oxygens (including phenoxy) is 1. The molecule has 0 aliphatic rings. The van der Waals surface area contributed by atoms with E-state index in [-0.39, 0.29) is 12.0 Å². The fraction of sp³-hybridized carbons (Fsp3) is 0.250. The molecule has 0 saturated heterocycles. The van der Waals surface area contributed by atoms with Crippen molar-refractivity contribution in [1.29, 1.82) is 0 Å². The van der Waals surface area contributed by atoms with Gasteiger partial charge in [0.25, 0.3) is 0 Å². The van der Waals surface area contributed by atoms with Crippen molar-refractivity contribution < 1.29 is 4.74 Å². The summed E-state index contributed by atoms with van der Waals surface area (Å²) in [7, 11) is 0.